The highest BCUT2D eigenvalue weighted by molar-refractivity contribution is 9.10. The van der Waals surface area contributed by atoms with Crippen LogP contribution < -0.4 is 4.72 Å². The van der Waals surface area contributed by atoms with E-state index in [0.717, 1.165) is 15.7 Å². The maximum atomic E-state index is 11.2. The van der Waals surface area contributed by atoms with Crippen LogP contribution in [0.1, 0.15) is 12.5 Å². The van der Waals surface area contributed by atoms with E-state index in [1.165, 1.54) is 0 Å². The number of benzene rings is 1. The van der Waals surface area contributed by atoms with Gasteiger partial charge in [0.25, 0.3) is 0 Å². The summed E-state index contributed by atoms with van der Waals surface area (Å²) in [5.74, 6) is 0.620. The summed E-state index contributed by atoms with van der Waals surface area (Å²) in [6.07, 6.45) is 0. The zero-order valence-electron chi connectivity index (χ0n) is 7.63. The summed E-state index contributed by atoms with van der Waals surface area (Å²) >= 11 is 3.41. The van der Waals surface area contributed by atoms with Crippen molar-refractivity contribution in [2.75, 3.05) is 10.5 Å². The van der Waals surface area contributed by atoms with Crippen LogP contribution in [0.25, 0.3) is 0 Å². The third kappa shape index (κ3) is 3.12. The van der Waals surface area contributed by atoms with Crippen molar-refractivity contribution in [2.45, 2.75) is 13.8 Å². The van der Waals surface area contributed by atoms with E-state index in [0.29, 0.717) is 5.75 Å². The fourth-order valence-electron chi connectivity index (χ4n) is 0.912. The molecule has 72 valence electrons. The maximum Gasteiger partial charge on any atom is 0.116 e. The first kappa shape index (κ1) is 10.7. The number of anilines is 1. The Kier molecular flexibility index (Phi) is 3.93. The average Bonchev–Trinajstić information content (AvgIpc) is 2.11. The normalized spacial score (nSPS) is 12.5. The smallest absolute Gasteiger partial charge is 0.116 e. The predicted molar refractivity (Wildman–Crippen MR) is 61.2 cm³/mol. The van der Waals surface area contributed by atoms with E-state index in [4.69, 9.17) is 0 Å². The van der Waals surface area contributed by atoms with Crippen molar-refractivity contribution in [3.8, 4) is 0 Å². The Bertz CT molecular complexity index is 327. The van der Waals surface area contributed by atoms with E-state index < -0.39 is 11.0 Å². The number of halogens is 1. The molecule has 0 radical (unpaired) electrons. The van der Waals surface area contributed by atoms with E-state index in [1.807, 2.05) is 32.0 Å². The fraction of sp³-hybridized carbons (Fsp3) is 0.333. The molecule has 1 N–H and O–H groups in total. The number of nitrogens with one attached hydrogen (secondary N) is 1. The Balaban J connectivity index is 2.79. The Morgan fingerprint density at radius 2 is 2.23 bits per heavy atom. The summed E-state index contributed by atoms with van der Waals surface area (Å²) in [5.41, 5.74) is 2.04. The first-order valence-electron chi connectivity index (χ1n) is 4.04. The number of aryl methyl sites for hydroxylation is 1. The second kappa shape index (κ2) is 4.77. The predicted octanol–water partition coefficient (Wildman–Crippen LogP) is 2.85. The molecule has 13 heavy (non-hydrogen) atoms. The minimum absolute atomic E-state index is 0.620. The molecule has 0 aliphatic carbocycles. The monoisotopic (exact) mass is 261 g/mol. The second-order valence-corrected chi connectivity index (χ2v) is 5.03. The highest BCUT2D eigenvalue weighted by Gasteiger charge is 1.99. The quantitative estimate of drug-likeness (QED) is 0.891. The van der Waals surface area contributed by atoms with Gasteiger partial charge in [-0.3, -0.25) is 0 Å². The molecular formula is C9H12BrNOS. The van der Waals surface area contributed by atoms with Crippen LogP contribution in [-0.4, -0.2) is 9.96 Å². The fourth-order valence-corrected chi connectivity index (χ4v) is 1.69. The highest BCUT2D eigenvalue weighted by Crippen LogP contribution is 2.20. The van der Waals surface area contributed by atoms with Crippen LogP contribution >= 0.6 is 15.9 Å². The molecule has 0 saturated carbocycles. The lowest BCUT2D eigenvalue weighted by atomic mass is 10.2. The Hall–Kier alpha value is -0.350. The Labute approximate surface area is 89.5 Å². The average molecular weight is 262 g/mol. The first-order chi connectivity index (χ1) is 6.13. The van der Waals surface area contributed by atoms with Gasteiger partial charge in [-0.1, -0.05) is 22.9 Å². The molecular weight excluding hydrogens is 250 g/mol. The van der Waals surface area contributed by atoms with Gasteiger partial charge >= 0.3 is 0 Å². The van der Waals surface area contributed by atoms with Gasteiger partial charge in [0, 0.05) is 15.9 Å². The van der Waals surface area contributed by atoms with Gasteiger partial charge in [0.15, 0.2) is 0 Å². The van der Waals surface area contributed by atoms with Crippen molar-refractivity contribution in [1.82, 2.24) is 0 Å². The molecule has 1 aromatic carbocycles. The first-order valence-corrected chi connectivity index (χ1v) is 6.16. The van der Waals surface area contributed by atoms with Crippen molar-refractivity contribution in [1.29, 1.82) is 0 Å². The van der Waals surface area contributed by atoms with Crippen molar-refractivity contribution >= 4 is 32.6 Å². The van der Waals surface area contributed by atoms with Gasteiger partial charge in [-0.2, -0.15) is 0 Å². The summed E-state index contributed by atoms with van der Waals surface area (Å²) in [6.45, 7) is 3.89. The molecule has 0 aromatic heterocycles. The largest absolute Gasteiger partial charge is 0.305 e. The molecule has 1 aromatic rings. The van der Waals surface area contributed by atoms with Gasteiger partial charge in [-0.15, -0.1) is 0 Å². The van der Waals surface area contributed by atoms with E-state index in [-0.39, 0.29) is 0 Å². The summed E-state index contributed by atoms with van der Waals surface area (Å²) in [4.78, 5) is 0. The van der Waals surface area contributed by atoms with Gasteiger partial charge in [0.2, 0.25) is 0 Å². The minimum atomic E-state index is -0.958. The lowest BCUT2D eigenvalue weighted by Gasteiger charge is -2.05. The molecule has 1 rings (SSSR count). The number of hydrogen-bond donors (Lipinski definition) is 1. The van der Waals surface area contributed by atoms with Gasteiger partial charge in [-0.25, -0.2) is 4.21 Å². The molecule has 0 heterocycles. The molecule has 1 atom stereocenters. The SMILES string of the molecule is CCS(=O)Nc1ccc(Br)c(C)c1. The third-order valence-electron chi connectivity index (χ3n) is 1.65. The molecule has 0 spiro atoms. The van der Waals surface area contributed by atoms with Crippen LogP contribution in [-0.2, 0) is 11.0 Å². The van der Waals surface area contributed by atoms with Gasteiger partial charge < -0.3 is 4.72 Å². The topological polar surface area (TPSA) is 29.1 Å². The maximum absolute atomic E-state index is 11.2. The van der Waals surface area contributed by atoms with Crippen LogP contribution in [0.15, 0.2) is 22.7 Å². The zero-order valence-corrected chi connectivity index (χ0v) is 10.0. The Morgan fingerprint density at radius 3 is 2.77 bits per heavy atom. The molecule has 0 aliphatic heterocycles. The van der Waals surface area contributed by atoms with E-state index >= 15 is 0 Å². The molecule has 1 unspecified atom stereocenters. The lowest BCUT2D eigenvalue weighted by molar-refractivity contribution is 0.687. The Morgan fingerprint density at radius 1 is 1.54 bits per heavy atom. The van der Waals surface area contributed by atoms with E-state index in [1.54, 1.807) is 0 Å². The second-order valence-electron chi connectivity index (χ2n) is 2.70. The van der Waals surface area contributed by atoms with Crippen molar-refractivity contribution < 1.29 is 4.21 Å². The van der Waals surface area contributed by atoms with Crippen molar-refractivity contribution in [2.24, 2.45) is 0 Å². The number of hydrogen-bond acceptors (Lipinski definition) is 1. The third-order valence-corrected chi connectivity index (χ3v) is 3.53. The molecule has 2 nitrogen and oxygen atoms in total. The van der Waals surface area contributed by atoms with Crippen molar-refractivity contribution in [3.05, 3.63) is 28.2 Å². The molecule has 0 fully saturated rings. The molecule has 0 saturated heterocycles. The van der Waals surface area contributed by atoms with Crippen LogP contribution in [0.5, 0.6) is 0 Å². The minimum Gasteiger partial charge on any atom is -0.305 e. The summed E-state index contributed by atoms with van der Waals surface area (Å²) in [5, 5.41) is 0. The van der Waals surface area contributed by atoms with Gasteiger partial charge in [0.05, 0.1) is 0 Å². The highest BCUT2D eigenvalue weighted by atomic mass is 79.9. The van der Waals surface area contributed by atoms with Crippen LogP contribution in [0.3, 0.4) is 0 Å². The summed E-state index contributed by atoms with van der Waals surface area (Å²) < 4.78 is 15.1. The molecule has 4 heteroatoms. The van der Waals surface area contributed by atoms with Gasteiger partial charge in [0.1, 0.15) is 11.0 Å². The van der Waals surface area contributed by atoms with Crippen molar-refractivity contribution in [3.63, 3.8) is 0 Å². The lowest BCUT2D eigenvalue weighted by Crippen LogP contribution is -2.05. The van der Waals surface area contributed by atoms with E-state index in [9.17, 15) is 4.21 Å². The number of rotatable bonds is 3. The van der Waals surface area contributed by atoms with Crippen LogP contribution in [0.2, 0.25) is 0 Å². The summed E-state index contributed by atoms with van der Waals surface area (Å²) in [7, 11) is -0.958. The molecule has 0 amide bonds. The zero-order chi connectivity index (χ0) is 9.84. The van der Waals surface area contributed by atoms with E-state index in [2.05, 4.69) is 20.7 Å². The van der Waals surface area contributed by atoms with Gasteiger partial charge in [-0.05, 0) is 30.7 Å². The molecule has 0 aliphatic rings. The van der Waals surface area contributed by atoms with Crippen LogP contribution in [0, 0.1) is 6.92 Å². The summed E-state index contributed by atoms with van der Waals surface area (Å²) in [6, 6.07) is 5.83. The standard InChI is InChI=1S/C9H12BrNOS/c1-3-13(12)11-8-4-5-9(10)7(2)6-8/h4-6,11H,3H2,1-2H3. The molecule has 0 bridgehead atoms. The van der Waals surface area contributed by atoms with Crippen LogP contribution in [0.4, 0.5) is 5.69 Å².